The van der Waals surface area contributed by atoms with Gasteiger partial charge in [0.05, 0.1) is 0 Å². The van der Waals surface area contributed by atoms with E-state index in [4.69, 9.17) is 0 Å². The monoisotopic (exact) mass is 136 g/mol. The van der Waals surface area contributed by atoms with Gasteiger partial charge in [-0.05, 0) is 38.3 Å². The molecule has 10 heavy (non-hydrogen) atoms. The molecule has 1 heteroatoms. The first kappa shape index (κ1) is 7.26. The molecule has 1 nitrogen and oxygen atoms in total. The molecule has 0 spiro atoms. The zero-order chi connectivity index (χ0) is 7.72. The van der Waals surface area contributed by atoms with Gasteiger partial charge in [-0.1, -0.05) is 11.6 Å². The van der Waals surface area contributed by atoms with Crippen LogP contribution in [0.2, 0.25) is 0 Å². The van der Waals surface area contributed by atoms with Gasteiger partial charge in [-0.3, -0.25) is 4.79 Å². The van der Waals surface area contributed by atoms with Gasteiger partial charge in [-0.15, -0.1) is 0 Å². The van der Waals surface area contributed by atoms with Crippen LogP contribution in [0.5, 0.6) is 0 Å². The molecule has 1 rings (SSSR count). The van der Waals surface area contributed by atoms with Crippen molar-refractivity contribution < 1.29 is 4.79 Å². The second-order valence-corrected chi connectivity index (χ2v) is 2.83. The van der Waals surface area contributed by atoms with Gasteiger partial charge < -0.3 is 0 Å². The normalized spacial score (nSPS) is 19.5. The van der Waals surface area contributed by atoms with E-state index in [1.807, 2.05) is 26.8 Å². The Balaban J connectivity index is 2.98. The molecule has 1 aliphatic rings. The van der Waals surface area contributed by atoms with Gasteiger partial charge in [0, 0.05) is 0 Å². The molecule has 0 radical (unpaired) electrons. The summed E-state index contributed by atoms with van der Waals surface area (Å²) in [6.45, 7) is 5.78. The van der Waals surface area contributed by atoms with Gasteiger partial charge in [0.1, 0.15) is 0 Å². The number of allylic oxidation sites excluding steroid dienone is 4. The van der Waals surface area contributed by atoms with E-state index in [0.717, 1.165) is 17.6 Å². The summed E-state index contributed by atoms with van der Waals surface area (Å²) < 4.78 is 0. The first-order chi connectivity index (χ1) is 4.63. The van der Waals surface area contributed by atoms with E-state index in [9.17, 15) is 4.79 Å². The van der Waals surface area contributed by atoms with Crippen molar-refractivity contribution in [3.05, 3.63) is 22.8 Å². The van der Waals surface area contributed by atoms with Crippen molar-refractivity contribution in [3.8, 4) is 0 Å². The molecule has 0 saturated heterocycles. The fraction of sp³-hybridized carbons (Fsp3) is 0.444. The molecular formula is C9H12O. The van der Waals surface area contributed by atoms with Crippen molar-refractivity contribution in [1.82, 2.24) is 0 Å². The molecular weight excluding hydrogens is 124 g/mol. The lowest BCUT2D eigenvalue weighted by Crippen LogP contribution is -2.07. The van der Waals surface area contributed by atoms with Crippen molar-refractivity contribution in [1.29, 1.82) is 0 Å². The molecule has 0 N–H and O–H groups in total. The van der Waals surface area contributed by atoms with Gasteiger partial charge in [-0.25, -0.2) is 0 Å². The molecule has 0 saturated carbocycles. The van der Waals surface area contributed by atoms with Crippen molar-refractivity contribution in [2.45, 2.75) is 27.2 Å². The maximum absolute atomic E-state index is 11.2. The highest BCUT2D eigenvalue weighted by Gasteiger charge is 2.13. The summed E-state index contributed by atoms with van der Waals surface area (Å²) in [5, 5.41) is 0. The minimum absolute atomic E-state index is 0.212. The van der Waals surface area contributed by atoms with Crippen LogP contribution in [0, 0.1) is 0 Å². The topological polar surface area (TPSA) is 17.1 Å². The average molecular weight is 136 g/mol. The highest BCUT2D eigenvalue weighted by atomic mass is 16.1. The third kappa shape index (κ3) is 1.04. The van der Waals surface area contributed by atoms with Crippen LogP contribution in [-0.2, 0) is 4.79 Å². The van der Waals surface area contributed by atoms with Gasteiger partial charge in [0.2, 0.25) is 0 Å². The van der Waals surface area contributed by atoms with Gasteiger partial charge >= 0.3 is 0 Å². The lowest BCUT2D eigenvalue weighted by Gasteiger charge is -2.10. The summed E-state index contributed by atoms with van der Waals surface area (Å²) in [5.41, 5.74) is 3.03. The molecule has 0 bridgehead atoms. The first-order valence-electron chi connectivity index (χ1n) is 3.50. The standard InChI is InChI=1S/C9H12O/c1-6-4-5-7(2)9(10)8(6)3/h5H,4H2,1-3H3. The van der Waals surface area contributed by atoms with Crippen molar-refractivity contribution in [3.63, 3.8) is 0 Å². The SMILES string of the molecule is CC1=CCC(C)=C(C)C1=O. The maximum Gasteiger partial charge on any atom is 0.184 e. The molecule has 0 aliphatic heterocycles. The third-order valence-electron chi connectivity index (χ3n) is 2.05. The third-order valence-corrected chi connectivity index (χ3v) is 2.05. The maximum atomic E-state index is 11.2. The summed E-state index contributed by atoms with van der Waals surface area (Å²) in [6, 6.07) is 0. The van der Waals surface area contributed by atoms with E-state index in [-0.39, 0.29) is 5.78 Å². The largest absolute Gasteiger partial charge is 0.289 e. The number of Topliss-reactive ketones (excluding diaryl/α,β-unsaturated/α-hetero) is 1. The quantitative estimate of drug-likeness (QED) is 0.499. The van der Waals surface area contributed by atoms with E-state index in [0.29, 0.717) is 0 Å². The predicted octanol–water partition coefficient (Wildman–Crippen LogP) is 2.24. The molecule has 0 atom stereocenters. The summed E-state index contributed by atoms with van der Waals surface area (Å²) in [4.78, 5) is 11.2. The van der Waals surface area contributed by atoms with Gasteiger partial charge in [-0.2, -0.15) is 0 Å². The second-order valence-electron chi connectivity index (χ2n) is 2.83. The number of hydrogen-bond donors (Lipinski definition) is 0. The van der Waals surface area contributed by atoms with E-state index in [1.54, 1.807) is 0 Å². The van der Waals surface area contributed by atoms with Crippen molar-refractivity contribution in [2.75, 3.05) is 0 Å². The molecule has 0 fully saturated rings. The molecule has 1 aliphatic carbocycles. The van der Waals surface area contributed by atoms with Crippen LogP contribution in [0.1, 0.15) is 27.2 Å². The molecule has 0 aromatic carbocycles. The lowest BCUT2D eigenvalue weighted by molar-refractivity contribution is -0.112. The number of ketones is 1. The Morgan fingerprint density at radius 2 is 1.90 bits per heavy atom. The minimum atomic E-state index is 0.212. The van der Waals surface area contributed by atoms with Crippen LogP contribution in [0.15, 0.2) is 22.8 Å². The number of carbonyl (C=O) groups excluding carboxylic acids is 1. The van der Waals surface area contributed by atoms with Gasteiger partial charge in [0.15, 0.2) is 5.78 Å². The molecule has 54 valence electrons. The number of carbonyl (C=O) groups is 1. The molecule has 0 heterocycles. The van der Waals surface area contributed by atoms with Crippen LogP contribution in [0.3, 0.4) is 0 Å². The average Bonchev–Trinajstić information content (AvgIpc) is 1.93. The van der Waals surface area contributed by atoms with E-state index >= 15 is 0 Å². The lowest BCUT2D eigenvalue weighted by atomic mass is 9.93. The molecule has 0 aromatic heterocycles. The fourth-order valence-electron chi connectivity index (χ4n) is 1.04. The van der Waals surface area contributed by atoms with Crippen molar-refractivity contribution >= 4 is 5.78 Å². The Hall–Kier alpha value is -0.850. The van der Waals surface area contributed by atoms with E-state index in [1.165, 1.54) is 5.57 Å². The van der Waals surface area contributed by atoms with Crippen LogP contribution >= 0.6 is 0 Å². The van der Waals surface area contributed by atoms with Crippen LogP contribution < -0.4 is 0 Å². The van der Waals surface area contributed by atoms with E-state index in [2.05, 4.69) is 0 Å². The van der Waals surface area contributed by atoms with Crippen LogP contribution in [-0.4, -0.2) is 5.78 Å². The number of hydrogen-bond acceptors (Lipinski definition) is 1. The fourth-order valence-corrected chi connectivity index (χ4v) is 1.04. The van der Waals surface area contributed by atoms with E-state index < -0.39 is 0 Å². The predicted molar refractivity (Wildman–Crippen MR) is 41.8 cm³/mol. The zero-order valence-corrected chi connectivity index (χ0v) is 6.69. The Labute approximate surface area is 61.4 Å². The molecule has 0 amide bonds. The molecule has 0 unspecified atom stereocenters. The Bertz CT molecular complexity index is 231. The zero-order valence-electron chi connectivity index (χ0n) is 6.69. The highest BCUT2D eigenvalue weighted by Crippen LogP contribution is 2.19. The van der Waals surface area contributed by atoms with Crippen LogP contribution in [0.4, 0.5) is 0 Å². The Morgan fingerprint density at radius 3 is 2.40 bits per heavy atom. The van der Waals surface area contributed by atoms with Crippen LogP contribution in [0.25, 0.3) is 0 Å². The summed E-state index contributed by atoms with van der Waals surface area (Å²) in [5.74, 6) is 0.212. The summed E-state index contributed by atoms with van der Waals surface area (Å²) in [7, 11) is 0. The second kappa shape index (κ2) is 2.41. The highest BCUT2D eigenvalue weighted by molar-refractivity contribution is 6.08. The number of rotatable bonds is 0. The summed E-state index contributed by atoms with van der Waals surface area (Å²) in [6.07, 6.45) is 2.94. The Kier molecular flexibility index (Phi) is 1.75. The summed E-state index contributed by atoms with van der Waals surface area (Å²) >= 11 is 0. The smallest absolute Gasteiger partial charge is 0.184 e. The Morgan fingerprint density at radius 1 is 1.30 bits per heavy atom. The van der Waals surface area contributed by atoms with Crippen molar-refractivity contribution in [2.24, 2.45) is 0 Å². The van der Waals surface area contributed by atoms with Gasteiger partial charge in [0.25, 0.3) is 0 Å². The molecule has 0 aromatic rings. The minimum Gasteiger partial charge on any atom is -0.289 e. The first-order valence-corrected chi connectivity index (χ1v) is 3.50.